The molecule has 1 fully saturated rings. The maximum absolute atomic E-state index is 12.3. The van der Waals surface area contributed by atoms with E-state index in [2.05, 4.69) is 5.10 Å². The van der Waals surface area contributed by atoms with Crippen molar-refractivity contribution in [3.63, 3.8) is 0 Å². The lowest BCUT2D eigenvalue weighted by Gasteiger charge is -2.29. The predicted molar refractivity (Wildman–Crippen MR) is 71.6 cm³/mol. The van der Waals surface area contributed by atoms with E-state index in [1.54, 1.807) is 7.05 Å². The van der Waals surface area contributed by atoms with Crippen LogP contribution in [0, 0.1) is 5.92 Å². The molecule has 1 aliphatic rings. The van der Waals surface area contributed by atoms with Gasteiger partial charge in [-0.05, 0) is 18.8 Å². The van der Waals surface area contributed by atoms with E-state index in [-0.39, 0.29) is 17.9 Å². The third kappa shape index (κ3) is 3.37. The van der Waals surface area contributed by atoms with Gasteiger partial charge in [-0.2, -0.15) is 5.10 Å². The van der Waals surface area contributed by atoms with Gasteiger partial charge in [0.25, 0.3) is 0 Å². The average molecular weight is 301 g/mol. The molecule has 1 saturated carbocycles. The number of aromatic nitrogens is 2. The molecule has 0 unspecified atom stereocenters. The largest absolute Gasteiger partial charge is 0.481 e. The lowest BCUT2D eigenvalue weighted by atomic mass is 9.86. The smallest absolute Gasteiger partial charge is 0.305 e. The Morgan fingerprint density at radius 1 is 1.55 bits per heavy atom. The zero-order chi connectivity index (χ0) is 14.8. The topological polar surface area (TPSA) is 92.5 Å². The van der Waals surface area contributed by atoms with E-state index in [1.807, 2.05) is 0 Å². The number of aryl methyl sites for hydroxylation is 1. The Kier molecular flexibility index (Phi) is 4.44. The molecule has 0 bridgehead atoms. The van der Waals surface area contributed by atoms with Crippen LogP contribution in [0.1, 0.15) is 25.7 Å². The average Bonchev–Trinajstić information content (AvgIpc) is 2.80. The number of carboxylic acids is 1. The van der Waals surface area contributed by atoms with Crippen LogP contribution < -0.4 is 0 Å². The standard InChI is InChI=1S/C12H19N3O4S/c1-14(8-10-3-2-4-10)20(18,19)11-7-13-15(9-11)6-5-12(16)17/h7,9-10H,2-6,8H2,1H3,(H,16,17). The monoisotopic (exact) mass is 301 g/mol. The predicted octanol–water partition coefficient (Wildman–Crippen LogP) is 0.778. The number of hydrogen-bond acceptors (Lipinski definition) is 4. The van der Waals surface area contributed by atoms with Crippen molar-refractivity contribution >= 4 is 16.0 Å². The third-order valence-corrected chi connectivity index (χ3v) is 5.39. The summed E-state index contributed by atoms with van der Waals surface area (Å²) in [7, 11) is -1.95. The summed E-state index contributed by atoms with van der Waals surface area (Å²) in [6, 6.07) is 0. The van der Waals surface area contributed by atoms with Gasteiger partial charge in [-0.3, -0.25) is 9.48 Å². The van der Waals surface area contributed by atoms with E-state index in [0.29, 0.717) is 12.5 Å². The maximum atomic E-state index is 12.3. The van der Waals surface area contributed by atoms with E-state index in [9.17, 15) is 13.2 Å². The van der Waals surface area contributed by atoms with E-state index in [1.165, 1.54) is 27.8 Å². The number of carbonyl (C=O) groups is 1. The highest BCUT2D eigenvalue weighted by Crippen LogP contribution is 2.28. The molecule has 0 amide bonds. The second-order valence-electron chi connectivity index (χ2n) is 5.17. The van der Waals surface area contributed by atoms with Crippen LogP contribution in [0.25, 0.3) is 0 Å². The summed E-state index contributed by atoms with van der Waals surface area (Å²) >= 11 is 0. The molecule has 1 aromatic rings. The van der Waals surface area contributed by atoms with Crippen molar-refractivity contribution in [1.29, 1.82) is 0 Å². The Balaban J connectivity index is 2.02. The fourth-order valence-corrected chi connectivity index (χ4v) is 3.33. The summed E-state index contributed by atoms with van der Waals surface area (Å²) in [4.78, 5) is 10.6. The summed E-state index contributed by atoms with van der Waals surface area (Å²) in [6.45, 7) is 0.694. The van der Waals surface area contributed by atoms with Gasteiger partial charge < -0.3 is 5.11 Å². The Hall–Kier alpha value is -1.41. The highest BCUT2D eigenvalue weighted by molar-refractivity contribution is 7.89. The molecule has 1 N–H and O–H groups in total. The molecule has 0 aromatic carbocycles. The number of sulfonamides is 1. The fraction of sp³-hybridized carbons (Fsp3) is 0.667. The number of aliphatic carboxylic acids is 1. The van der Waals surface area contributed by atoms with Crippen LogP contribution in [0.3, 0.4) is 0 Å². The molecule has 8 heteroatoms. The van der Waals surface area contributed by atoms with Crippen LogP contribution in [0.2, 0.25) is 0 Å². The van der Waals surface area contributed by atoms with Crippen molar-refractivity contribution in [2.45, 2.75) is 37.1 Å². The van der Waals surface area contributed by atoms with Gasteiger partial charge in [0, 0.05) is 19.8 Å². The van der Waals surface area contributed by atoms with Crippen molar-refractivity contribution in [3.05, 3.63) is 12.4 Å². The molecular weight excluding hydrogens is 282 g/mol. The molecule has 0 saturated heterocycles. The SMILES string of the molecule is CN(CC1CCC1)S(=O)(=O)c1cnn(CCC(=O)O)c1. The lowest BCUT2D eigenvalue weighted by molar-refractivity contribution is -0.137. The molecule has 1 aromatic heterocycles. The normalized spacial score (nSPS) is 16.3. The second kappa shape index (κ2) is 5.92. The first-order chi connectivity index (χ1) is 9.39. The van der Waals surface area contributed by atoms with Gasteiger partial charge in [-0.25, -0.2) is 12.7 Å². The number of nitrogens with zero attached hydrogens (tertiary/aromatic N) is 3. The molecule has 20 heavy (non-hydrogen) atoms. The minimum absolute atomic E-state index is 0.0842. The summed E-state index contributed by atoms with van der Waals surface area (Å²) in [5, 5.41) is 12.5. The Morgan fingerprint density at radius 2 is 2.25 bits per heavy atom. The van der Waals surface area contributed by atoms with Gasteiger partial charge in [0.2, 0.25) is 10.0 Å². The molecule has 0 aliphatic heterocycles. The number of hydrogen-bond donors (Lipinski definition) is 1. The molecule has 1 aliphatic carbocycles. The minimum atomic E-state index is -3.53. The number of carboxylic acid groups (broad SMARTS) is 1. The van der Waals surface area contributed by atoms with Gasteiger partial charge in [0.1, 0.15) is 4.90 Å². The van der Waals surface area contributed by atoms with Gasteiger partial charge in [-0.1, -0.05) is 6.42 Å². The molecule has 0 atom stereocenters. The van der Waals surface area contributed by atoms with E-state index in [4.69, 9.17) is 5.11 Å². The second-order valence-corrected chi connectivity index (χ2v) is 7.21. The Bertz CT molecular complexity index is 577. The minimum Gasteiger partial charge on any atom is -0.481 e. The molecule has 7 nitrogen and oxygen atoms in total. The molecule has 0 radical (unpaired) electrons. The third-order valence-electron chi connectivity index (χ3n) is 3.61. The number of rotatable bonds is 7. The Morgan fingerprint density at radius 3 is 2.80 bits per heavy atom. The first-order valence-corrected chi connectivity index (χ1v) is 8.04. The van der Waals surface area contributed by atoms with Crippen LogP contribution in [-0.2, 0) is 21.4 Å². The van der Waals surface area contributed by atoms with Crippen LogP contribution in [0.5, 0.6) is 0 Å². The summed E-state index contributed by atoms with van der Waals surface area (Å²) in [5.74, 6) is -0.483. The zero-order valence-electron chi connectivity index (χ0n) is 11.4. The quantitative estimate of drug-likeness (QED) is 0.803. The fourth-order valence-electron chi connectivity index (χ4n) is 2.13. The van der Waals surface area contributed by atoms with Gasteiger partial charge >= 0.3 is 5.97 Å². The molecule has 112 valence electrons. The summed E-state index contributed by atoms with van der Waals surface area (Å²) < 4.78 is 27.3. The molecule has 2 rings (SSSR count). The van der Waals surface area contributed by atoms with Gasteiger partial charge in [-0.15, -0.1) is 0 Å². The van der Waals surface area contributed by atoms with Crippen molar-refractivity contribution in [2.24, 2.45) is 5.92 Å². The van der Waals surface area contributed by atoms with Gasteiger partial charge in [0.15, 0.2) is 0 Å². The summed E-state index contributed by atoms with van der Waals surface area (Å²) in [5.41, 5.74) is 0. The van der Waals surface area contributed by atoms with Crippen molar-refractivity contribution in [1.82, 2.24) is 14.1 Å². The molecular formula is C12H19N3O4S. The molecule has 1 heterocycles. The van der Waals surface area contributed by atoms with E-state index >= 15 is 0 Å². The van der Waals surface area contributed by atoms with Crippen LogP contribution >= 0.6 is 0 Å². The highest BCUT2D eigenvalue weighted by Gasteiger charge is 2.27. The van der Waals surface area contributed by atoms with Gasteiger partial charge in [0.05, 0.1) is 19.2 Å². The van der Waals surface area contributed by atoms with E-state index in [0.717, 1.165) is 12.8 Å². The first kappa shape index (κ1) is 15.0. The highest BCUT2D eigenvalue weighted by atomic mass is 32.2. The first-order valence-electron chi connectivity index (χ1n) is 6.60. The van der Waals surface area contributed by atoms with Crippen LogP contribution in [0.15, 0.2) is 17.3 Å². The lowest BCUT2D eigenvalue weighted by Crippen LogP contribution is -2.34. The van der Waals surface area contributed by atoms with Crippen molar-refractivity contribution in [3.8, 4) is 0 Å². The zero-order valence-corrected chi connectivity index (χ0v) is 12.2. The Labute approximate surface area is 118 Å². The molecule has 0 spiro atoms. The van der Waals surface area contributed by atoms with Crippen molar-refractivity contribution < 1.29 is 18.3 Å². The van der Waals surface area contributed by atoms with Crippen molar-refractivity contribution in [2.75, 3.05) is 13.6 Å². The van der Waals surface area contributed by atoms with Crippen LogP contribution in [-0.4, -0.2) is 47.2 Å². The van der Waals surface area contributed by atoms with E-state index < -0.39 is 16.0 Å². The maximum Gasteiger partial charge on any atom is 0.305 e. The van der Waals surface area contributed by atoms with Crippen LogP contribution in [0.4, 0.5) is 0 Å². The summed E-state index contributed by atoms with van der Waals surface area (Å²) in [6.07, 6.45) is 5.91.